The Morgan fingerprint density at radius 1 is 1.25 bits per heavy atom. The van der Waals surface area contributed by atoms with Crippen molar-refractivity contribution in [2.24, 2.45) is 0 Å². The van der Waals surface area contributed by atoms with Gasteiger partial charge in [-0.05, 0) is 37.5 Å². The van der Waals surface area contributed by atoms with Crippen molar-refractivity contribution in [3.63, 3.8) is 0 Å². The number of amides is 1. The Labute approximate surface area is 145 Å². The van der Waals surface area contributed by atoms with Crippen LogP contribution in [0.25, 0.3) is 0 Å². The number of nitrogens with zero attached hydrogens (tertiary/aromatic N) is 2. The van der Waals surface area contributed by atoms with Gasteiger partial charge in [0.1, 0.15) is 4.90 Å². The molecule has 1 spiro atoms. The van der Waals surface area contributed by atoms with Crippen molar-refractivity contribution < 1.29 is 17.6 Å². The monoisotopic (exact) mass is 372 g/mol. The molecule has 0 saturated carbocycles. The van der Waals surface area contributed by atoms with Crippen LogP contribution in [-0.2, 0) is 14.8 Å². The molecule has 0 atom stereocenters. The molecule has 130 valence electrons. The normalized spacial score (nSPS) is 20.7. The van der Waals surface area contributed by atoms with E-state index in [4.69, 9.17) is 11.6 Å². The molecule has 0 radical (unpaired) electrons. The second kappa shape index (κ2) is 6.13. The van der Waals surface area contributed by atoms with Crippen LogP contribution in [0.2, 0.25) is 5.02 Å². The summed E-state index contributed by atoms with van der Waals surface area (Å²) < 4.78 is 41.3. The van der Waals surface area contributed by atoms with Crippen molar-refractivity contribution in [1.29, 1.82) is 0 Å². The van der Waals surface area contributed by atoms with E-state index in [1.807, 2.05) is 0 Å². The van der Waals surface area contributed by atoms with Gasteiger partial charge in [-0.2, -0.15) is 4.31 Å². The number of hydrogen-bond donors (Lipinski definition) is 0. The largest absolute Gasteiger partial charge is 0.339 e. The lowest BCUT2D eigenvalue weighted by Gasteiger charge is -2.55. The lowest BCUT2D eigenvalue weighted by atomic mass is 9.79. The molecule has 1 aromatic rings. The van der Waals surface area contributed by atoms with Gasteiger partial charge < -0.3 is 4.90 Å². The highest BCUT2D eigenvalue weighted by atomic mass is 35.5. The number of benzene rings is 1. The Bertz CT molecular complexity index is 789. The van der Waals surface area contributed by atoms with Crippen molar-refractivity contribution in [3.8, 4) is 0 Å². The minimum Gasteiger partial charge on any atom is -0.339 e. The van der Waals surface area contributed by atoms with Crippen LogP contribution in [0, 0.1) is 5.82 Å². The maximum Gasteiger partial charge on any atom is 0.246 e. The van der Waals surface area contributed by atoms with Crippen LogP contribution in [0.3, 0.4) is 0 Å². The molecule has 1 aromatic carbocycles. The van der Waals surface area contributed by atoms with Crippen LogP contribution in [0.1, 0.15) is 19.3 Å². The predicted molar refractivity (Wildman–Crippen MR) is 88.7 cm³/mol. The highest BCUT2D eigenvalue weighted by molar-refractivity contribution is 7.89. The summed E-state index contributed by atoms with van der Waals surface area (Å²) >= 11 is 5.72. The molecular weight excluding hydrogens is 355 g/mol. The lowest BCUT2D eigenvalue weighted by Crippen LogP contribution is -2.65. The summed E-state index contributed by atoms with van der Waals surface area (Å²) in [7, 11) is -3.96. The average molecular weight is 373 g/mol. The molecule has 3 rings (SSSR count). The number of halogens is 2. The first-order valence-corrected chi connectivity index (χ1v) is 9.52. The number of piperidine rings is 1. The second-order valence-corrected chi connectivity index (χ2v) is 8.37. The maximum atomic E-state index is 14.2. The Kier molecular flexibility index (Phi) is 4.44. The van der Waals surface area contributed by atoms with Crippen molar-refractivity contribution in [3.05, 3.63) is 41.7 Å². The zero-order valence-electron chi connectivity index (χ0n) is 13.0. The molecule has 24 heavy (non-hydrogen) atoms. The Morgan fingerprint density at radius 2 is 1.88 bits per heavy atom. The van der Waals surface area contributed by atoms with Gasteiger partial charge in [0.15, 0.2) is 5.82 Å². The minimum absolute atomic E-state index is 0.153. The van der Waals surface area contributed by atoms with E-state index in [2.05, 4.69) is 6.58 Å². The zero-order chi connectivity index (χ0) is 17.5. The molecule has 2 heterocycles. The van der Waals surface area contributed by atoms with Crippen LogP contribution in [-0.4, -0.2) is 48.7 Å². The number of carbonyl (C=O) groups is 1. The molecule has 1 amide bonds. The Hall–Kier alpha value is -1.44. The fraction of sp³-hybridized carbons (Fsp3) is 0.438. The minimum atomic E-state index is -3.96. The molecule has 0 aromatic heterocycles. The summed E-state index contributed by atoms with van der Waals surface area (Å²) in [5.41, 5.74) is -0.536. The summed E-state index contributed by atoms with van der Waals surface area (Å²) in [5.74, 6) is -1.07. The summed E-state index contributed by atoms with van der Waals surface area (Å²) in [6.07, 6.45) is 3.04. The highest BCUT2D eigenvalue weighted by Crippen LogP contribution is 2.44. The number of sulfonamides is 1. The summed E-state index contributed by atoms with van der Waals surface area (Å²) in [6.45, 7) is 4.75. The first-order chi connectivity index (χ1) is 11.3. The van der Waals surface area contributed by atoms with Crippen LogP contribution >= 0.6 is 11.6 Å². The zero-order valence-corrected chi connectivity index (χ0v) is 14.6. The quantitative estimate of drug-likeness (QED) is 0.766. The van der Waals surface area contributed by atoms with Crippen molar-refractivity contribution in [1.82, 2.24) is 9.21 Å². The fourth-order valence-corrected chi connectivity index (χ4v) is 5.64. The van der Waals surface area contributed by atoms with Gasteiger partial charge >= 0.3 is 0 Å². The SMILES string of the molecule is C=CC(=O)N1CCC2(CC1)CCN2S(=O)(=O)c1cccc(Cl)c1F. The van der Waals surface area contributed by atoms with Crippen molar-refractivity contribution in [2.75, 3.05) is 19.6 Å². The van der Waals surface area contributed by atoms with Crippen molar-refractivity contribution in [2.45, 2.75) is 29.7 Å². The van der Waals surface area contributed by atoms with Gasteiger partial charge in [-0.3, -0.25) is 4.79 Å². The number of hydrogen-bond acceptors (Lipinski definition) is 3. The Morgan fingerprint density at radius 3 is 2.42 bits per heavy atom. The number of rotatable bonds is 3. The van der Waals surface area contributed by atoms with Gasteiger partial charge in [0.2, 0.25) is 15.9 Å². The predicted octanol–water partition coefficient (Wildman–Crippen LogP) is 2.42. The van der Waals surface area contributed by atoms with Crippen LogP contribution < -0.4 is 0 Å². The molecule has 2 saturated heterocycles. The van der Waals surface area contributed by atoms with Crippen molar-refractivity contribution >= 4 is 27.5 Å². The second-order valence-electron chi connectivity index (χ2n) is 6.13. The molecule has 0 bridgehead atoms. The fourth-order valence-electron chi connectivity index (χ4n) is 3.47. The smallest absolute Gasteiger partial charge is 0.246 e. The van der Waals surface area contributed by atoms with E-state index in [9.17, 15) is 17.6 Å². The van der Waals surface area contributed by atoms with Gasteiger partial charge in [-0.1, -0.05) is 24.2 Å². The third kappa shape index (κ3) is 2.64. The van der Waals surface area contributed by atoms with E-state index in [0.717, 1.165) is 0 Å². The molecule has 2 aliphatic heterocycles. The van der Waals surface area contributed by atoms with E-state index in [-0.39, 0.29) is 10.9 Å². The highest BCUT2D eigenvalue weighted by Gasteiger charge is 2.53. The standard InChI is InChI=1S/C16H18ClFN2O3S/c1-2-14(21)19-9-6-16(7-10-19)8-11-20(16)24(22,23)13-5-3-4-12(17)15(13)18/h2-5H,1,6-11H2. The molecule has 0 unspecified atom stereocenters. The van der Waals surface area contributed by atoms with E-state index < -0.39 is 26.3 Å². The van der Waals surface area contributed by atoms with Gasteiger partial charge in [0.25, 0.3) is 0 Å². The molecule has 2 aliphatic rings. The summed E-state index contributed by atoms with van der Waals surface area (Å²) in [4.78, 5) is 12.9. The molecule has 0 aliphatic carbocycles. The molecule has 5 nitrogen and oxygen atoms in total. The average Bonchev–Trinajstić information content (AvgIpc) is 2.55. The first kappa shape index (κ1) is 17.4. The van der Waals surface area contributed by atoms with E-state index in [0.29, 0.717) is 38.9 Å². The van der Waals surface area contributed by atoms with Gasteiger partial charge in [-0.15, -0.1) is 0 Å². The van der Waals surface area contributed by atoms with E-state index in [1.54, 1.807) is 4.90 Å². The third-order valence-corrected chi connectivity index (χ3v) is 7.29. The van der Waals surface area contributed by atoms with E-state index in [1.165, 1.54) is 28.6 Å². The molecule has 0 N–H and O–H groups in total. The Balaban J connectivity index is 1.84. The van der Waals surface area contributed by atoms with Gasteiger partial charge in [-0.25, -0.2) is 12.8 Å². The van der Waals surface area contributed by atoms with Crippen LogP contribution in [0.5, 0.6) is 0 Å². The number of likely N-dealkylation sites (tertiary alicyclic amines) is 1. The molecule has 2 fully saturated rings. The number of carbonyl (C=O) groups excluding carboxylic acids is 1. The van der Waals surface area contributed by atoms with Crippen LogP contribution in [0.15, 0.2) is 35.7 Å². The third-order valence-electron chi connectivity index (χ3n) is 4.97. The molecule has 8 heteroatoms. The maximum absolute atomic E-state index is 14.2. The van der Waals surface area contributed by atoms with Crippen LogP contribution in [0.4, 0.5) is 4.39 Å². The molecular formula is C16H18ClFN2O3S. The summed E-state index contributed by atoms with van der Waals surface area (Å²) in [6, 6.07) is 3.98. The van der Waals surface area contributed by atoms with Gasteiger partial charge in [0.05, 0.1) is 5.02 Å². The van der Waals surface area contributed by atoms with Gasteiger partial charge in [0, 0.05) is 25.2 Å². The first-order valence-electron chi connectivity index (χ1n) is 7.70. The topological polar surface area (TPSA) is 57.7 Å². The summed E-state index contributed by atoms with van der Waals surface area (Å²) in [5, 5.41) is -0.211. The lowest BCUT2D eigenvalue weighted by molar-refractivity contribution is -0.129. The van der Waals surface area contributed by atoms with E-state index >= 15 is 0 Å².